The number of oxime groups is 1. The largest absolute Gasteiger partial charge is 0.478 e. The molecule has 0 aromatic carbocycles. The minimum atomic E-state index is -1.27. The number of anilines is 1. The quantitative estimate of drug-likeness (QED) is 0.253. The van der Waals surface area contributed by atoms with Gasteiger partial charge in [-0.2, -0.15) is 0 Å². The number of hydrogen-bond donors (Lipinski definition) is 4. The van der Waals surface area contributed by atoms with Gasteiger partial charge in [0.2, 0.25) is 0 Å². The molecule has 1 aromatic heterocycles. The third-order valence-corrected chi connectivity index (χ3v) is 2.24. The highest BCUT2D eigenvalue weighted by Gasteiger charge is 2.13. The van der Waals surface area contributed by atoms with Crippen LogP contribution < -0.4 is 11.1 Å². The van der Waals surface area contributed by atoms with Crippen LogP contribution in [-0.4, -0.2) is 33.4 Å². The summed E-state index contributed by atoms with van der Waals surface area (Å²) in [7, 11) is 0. The fourth-order valence-corrected chi connectivity index (χ4v) is 1.45. The minimum Gasteiger partial charge on any atom is -0.478 e. The van der Waals surface area contributed by atoms with Crippen LogP contribution in [0.5, 0.6) is 0 Å². The van der Waals surface area contributed by atoms with Crippen LogP contribution in [0.3, 0.4) is 0 Å². The van der Waals surface area contributed by atoms with Crippen LogP contribution in [0.25, 0.3) is 5.57 Å². The maximum atomic E-state index is 10.9. The van der Waals surface area contributed by atoms with Crippen molar-refractivity contribution in [3.8, 4) is 0 Å². The van der Waals surface area contributed by atoms with E-state index in [1.165, 1.54) is 5.38 Å². The first-order chi connectivity index (χ1) is 8.04. The molecular formula is C8H8N4O4S. The predicted octanol–water partition coefficient (Wildman–Crippen LogP) is -0.273. The van der Waals surface area contributed by atoms with E-state index in [0.717, 1.165) is 17.5 Å². The van der Waals surface area contributed by atoms with Crippen LogP contribution in [-0.2, 0) is 9.59 Å². The minimum absolute atomic E-state index is 0.140. The molecule has 0 aliphatic heterocycles. The Kier molecular flexibility index (Phi) is 4.17. The van der Waals surface area contributed by atoms with E-state index in [4.69, 9.17) is 16.0 Å². The Bertz CT molecular complexity index is 493. The SMILES string of the molecule is Nc1nc(C(=CNC(=O)C=NO)C(=O)O)cs1. The zero-order valence-corrected chi connectivity index (χ0v) is 9.14. The number of carboxylic acid groups (broad SMARTS) is 1. The molecule has 0 atom stereocenters. The van der Waals surface area contributed by atoms with Gasteiger partial charge in [-0.05, 0) is 0 Å². The first-order valence-corrected chi connectivity index (χ1v) is 5.05. The number of nitrogens with one attached hydrogen (secondary N) is 1. The molecule has 0 spiro atoms. The van der Waals surface area contributed by atoms with Crippen LogP contribution in [0.1, 0.15) is 5.69 Å². The lowest BCUT2D eigenvalue weighted by atomic mass is 10.2. The van der Waals surface area contributed by atoms with Crippen molar-refractivity contribution in [2.45, 2.75) is 0 Å². The van der Waals surface area contributed by atoms with Crippen LogP contribution >= 0.6 is 11.3 Å². The zero-order chi connectivity index (χ0) is 12.8. The molecule has 0 saturated carbocycles. The average molecular weight is 256 g/mol. The van der Waals surface area contributed by atoms with Crippen LogP contribution in [0.4, 0.5) is 5.13 Å². The van der Waals surface area contributed by atoms with E-state index in [9.17, 15) is 9.59 Å². The van der Waals surface area contributed by atoms with Crippen molar-refractivity contribution in [3.05, 3.63) is 17.3 Å². The number of amides is 1. The number of rotatable bonds is 4. The predicted molar refractivity (Wildman–Crippen MR) is 60.6 cm³/mol. The van der Waals surface area contributed by atoms with E-state index >= 15 is 0 Å². The van der Waals surface area contributed by atoms with Crippen molar-refractivity contribution in [1.82, 2.24) is 10.3 Å². The number of nitrogens with zero attached hydrogens (tertiary/aromatic N) is 2. The van der Waals surface area contributed by atoms with E-state index in [1.54, 1.807) is 0 Å². The second-order valence-electron chi connectivity index (χ2n) is 2.69. The fraction of sp³-hybridized carbons (Fsp3) is 0. The molecule has 0 radical (unpaired) electrons. The van der Waals surface area contributed by atoms with Gasteiger partial charge in [-0.1, -0.05) is 5.16 Å². The van der Waals surface area contributed by atoms with Crippen LogP contribution in [0.2, 0.25) is 0 Å². The van der Waals surface area contributed by atoms with E-state index in [2.05, 4.69) is 15.5 Å². The fourth-order valence-electron chi connectivity index (χ4n) is 0.890. The summed E-state index contributed by atoms with van der Waals surface area (Å²) in [6.45, 7) is 0. The Balaban J connectivity index is 2.90. The number of thiazole rings is 1. The van der Waals surface area contributed by atoms with Gasteiger partial charge in [-0.3, -0.25) is 4.79 Å². The van der Waals surface area contributed by atoms with Crippen molar-refractivity contribution in [3.63, 3.8) is 0 Å². The third kappa shape index (κ3) is 3.57. The molecule has 0 bridgehead atoms. The Labute approximate surface area is 99.1 Å². The van der Waals surface area contributed by atoms with Crippen molar-refractivity contribution in [2.24, 2.45) is 5.16 Å². The molecule has 90 valence electrons. The number of carboxylic acids is 1. The number of aromatic nitrogens is 1. The summed E-state index contributed by atoms with van der Waals surface area (Å²) in [6, 6.07) is 0. The smallest absolute Gasteiger partial charge is 0.339 e. The lowest BCUT2D eigenvalue weighted by Crippen LogP contribution is -2.19. The van der Waals surface area contributed by atoms with Crippen molar-refractivity contribution in [1.29, 1.82) is 0 Å². The molecule has 8 nitrogen and oxygen atoms in total. The molecular weight excluding hydrogens is 248 g/mol. The summed E-state index contributed by atoms with van der Waals surface area (Å²) in [5.41, 5.74) is 5.28. The molecule has 1 amide bonds. The number of aliphatic carboxylic acids is 1. The zero-order valence-electron chi connectivity index (χ0n) is 8.32. The van der Waals surface area contributed by atoms with Crippen LogP contribution in [0.15, 0.2) is 16.7 Å². The van der Waals surface area contributed by atoms with Crippen molar-refractivity contribution >= 4 is 40.1 Å². The van der Waals surface area contributed by atoms with Gasteiger partial charge in [0.05, 0.1) is 5.69 Å². The lowest BCUT2D eigenvalue weighted by molar-refractivity contribution is -0.130. The molecule has 0 fully saturated rings. The van der Waals surface area contributed by atoms with Gasteiger partial charge >= 0.3 is 5.97 Å². The summed E-state index contributed by atoms with van der Waals surface area (Å²) in [5, 5.41) is 23.2. The maximum absolute atomic E-state index is 10.9. The highest BCUT2D eigenvalue weighted by atomic mass is 32.1. The van der Waals surface area contributed by atoms with Gasteiger partial charge < -0.3 is 21.4 Å². The summed E-state index contributed by atoms with van der Waals surface area (Å²) in [4.78, 5) is 25.6. The van der Waals surface area contributed by atoms with Gasteiger partial charge in [0, 0.05) is 11.6 Å². The maximum Gasteiger partial charge on any atom is 0.339 e. The highest BCUT2D eigenvalue weighted by Crippen LogP contribution is 2.18. The molecule has 9 heteroatoms. The van der Waals surface area contributed by atoms with Gasteiger partial charge in [-0.25, -0.2) is 9.78 Å². The molecule has 5 N–H and O–H groups in total. The molecule has 0 aliphatic rings. The third-order valence-electron chi connectivity index (χ3n) is 1.56. The average Bonchev–Trinajstić information content (AvgIpc) is 2.65. The van der Waals surface area contributed by atoms with Crippen molar-refractivity contribution in [2.75, 3.05) is 5.73 Å². The van der Waals surface area contributed by atoms with Crippen LogP contribution in [0, 0.1) is 0 Å². The second-order valence-corrected chi connectivity index (χ2v) is 3.58. The summed E-state index contributed by atoms with van der Waals surface area (Å²) in [5.74, 6) is -2.04. The Morgan fingerprint density at radius 3 is 2.76 bits per heavy atom. The van der Waals surface area contributed by atoms with Gasteiger partial charge in [0.25, 0.3) is 5.91 Å². The monoisotopic (exact) mass is 256 g/mol. The van der Waals surface area contributed by atoms with Crippen molar-refractivity contribution < 1.29 is 19.9 Å². The number of carbonyl (C=O) groups excluding carboxylic acids is 1. The molecule has 0 unspecified atom stereocenters. The summed E-state index contributed by atoms with van der Waals surface area (Å²) < 4.78 is 0. The number of carbonyl (C=O) groups is 2. The van der Waals surface area contributed by atoms with E-state index in [-0.39, 0.29) is 16.4 Å². The Morgan fingerprint density at radius 1 is 1.59 bits per heavy atom. The molecule has 1 aromatic rings. The molecule has 0 aliphatic carbocycles. The lowest BCUT2D eigenvalue weighted by Gasteiger charge is -1.98. The van der Waals surface area contributed by atoms with Gasteiger partial charge in [0.1, 0.15) is 11.8 Å². The summed E-state index contributed by atoms with van der Waals surface area (Å²) in [6.07, 6.45) is 1.53. The number of nitrogen functional groups attached to an aromatic ring is 1. The first kappa shape index (κ1) is 12.6. The van der Waals surface area contributed by atoms with E-state index in [1.807, 2.05) is 0 Å². The number of hydrogen-bond acceptors (Lipinski definition) is 7. The van der Waals surface area contributed by atoms with Gasteiger partial charge in [0.15, 0.2) is 5.13 Å². The topological polar surface area (TPSA) is 138 Å². The molecule has 1 rings (SSSR count). The molecule has 17 heavy (non-hydrogen) atoms. The standard InChI is InChI=1S/C8H8N4O4S/c9-8-12-5(3-17-8)4(7(14)15)1-10-6(13)2-11-16/h1-3,16H,(H2,9,12)(H,10,13)(H,14,15). The van der Waals surface area contributed by atoms with Gasteiger partial charge in [-0.15, -0.1) is 11.3 Å². The second kappa shape index (κ2) is 5.61. The number of nitrogens with two attached hydrogens (primary N) is 1. The summed E-state index contributed by atoms with van der Waals surface area (Å²) >= 11 is 1.08. The molecule has 1 heterocycles. The Morgan fingerprint density at radius 2 is 2.29 bits per heavy atom. The first-order valence-electron chi connectivity index (χ1n) is 4.17. The normalized spacial score (nSPS) is 11.6. The van der Waals surface area contributed by atoms with E-state index < -0.39 is 11.9 Å². The molecule has 0 saturated heterocycles. The van der Waals surface area contributed by atoms with E-state index in [0.29, 0.717) is 6.21 Å². The Hall–Kier alpha value is -2.42. The highest BCUT2D eigenvalue weighted by molar-refractivity contribution is 7.13.